The van der Waals surface area contributed by atoms with Crippen LogP contribution in [0.25, 0.3) is 11.1 Å². The first-order valence-corrected chi connectivity index (χ1v) is 8.33. The lowest BCUT2D eigenvalue weighted by Crippen LogP contribution is -2.22. The van der Waals surface area contributed by atoms with Crippen molar-refractivity contribution in [1.82, 2.24) is 4.98 Å². The van der Waals surface area contributed by atoms with Gasteiger partial charge in [-0.15, -0.1) is 0 Å². The topological polar surface area (TPSA) is 67.3 Å². The van der Waals surface area contributed by atoms with E-state index in [2.05, 4.69) is 17.6 Å². The standard InChI is InChI=1S/C14H15NO3S2/c16-13(9-19)10-20(17,18)14-3-1-11(2-4-14)12-5-7-15-8-6-12/h1-8,13,16,19H,9-10H2. The normalized spacial score (nSPS) is 13.1. The molecule has 0 bridgehead atoms. The molecule has 0 aliphatic carbocycles. The van der Waals surface area contributed by atoms with Gasteiger partial charge < -0.3 is 5.11 Å². The maximum atomic E-state index is 12.0. The monoisotopic (exact) mass is 309 g/mol. The molecule has 4 nitrogen and oxygen atoms in total. The molecule has 2 rings (SSSR count). The molecule has 1 N–H and O–H groups in total. The molecule has 0 aliphatic heterocycles. The summed E-state index contributed by atoms with van der Waals surface area (Å²) in [5, 5.41) is 9.42. The van der Waals surface area contributed by atoms with Gasteiger partial charge in [-0.1, -0.05) is 12.1 Å². The van der Waals surface area contributed by atoms with Crippen molar-refractivity contribution >= 4 is 22.5 Å². The molecule has 0 radical (unpaired) electrons. The van der Waals surface area contributed by atoms with E-state index in [9.17, 15) is 13.5 Å². The Hall–Kier alpha value is -1.37. The average molecular weight is 309 g/mol. The Morgan fingerprint density at radius 3 is 2.15 bits per heavy atom. The number of aromatic nitrogens is 1. The van der Waals surface area contributed by atoms with E-state index < -0.39 is 15.9 Å². The Balaban J connectivity index is 2.25. The van der Waals surface area contributed by atoms with E-state index >= 15 is 0 Å². The van der Waals surface area contributed by atoms with Crippen LogP contribution in [0.2, 0.25) is 0 Å². The van der Waals surface area contributed by atoms with Crippen molar-refractivity contribution in [1.29, 1.82) is 0 Å². The van der Waals surface area contributed by atoms with Gasteiger partial charge in [0.1, 0.15) is 0 Å². The van der Waals surface area contributed by atoms with E-state index in [4.69, 9.17) is 0 Å². The quantitative estimate of drug-likeness (QED) is 0.827. The van der Waals surface area contributed by atoms with Crippen LogP contribution >= 0.6 is 12.6 Å². The van der Waals surface area contributed by atoms with Crippen LogP contribution in [-0.2, 0) is 9.84 Å². The fourth-order valence-corrected chi connectivity index (χ4v) is 3.47. The highest BCUT2D eigenvalue weighted by Gasteiger charge is 2.18. The van der Waals surface area contributed by atoms with Gasteiger partial charge in [0.2, 0.25) is 0 Å². The first kappa shape index (κ1) is 15.0. The molecule has 0 saturated heterocycles. The molecule has 1 atom stereocenters. The van der Waals surface area contributed by atoms with Gasteiger partial charge in [-0.25, -0.2) is 8.42 Å². The van der Waals surface area contributed by atoms with Gasteiger partial charge in [0.25, 0.3) is 0 Å². The van der Waals surface area contributed by atoms with Crippen LogP contribution in [0.5, 0.6) is 0 Å². The number of thiol groups is 1. The van der Waals surface area contributed by atoms with Gasteiger partial charge in [0.05, 0.1) is 16.8 Å². The Morgan fingerprint density at radius 1 is 1.05 bits per heavy atom. The van der Waals surface area contributed by atoms with Crippen molar-refractivity contribution in [2.75, 3.05) is 11.5 Å². The van der Waals surface area contributed by atoms with Crippen molar-refractivity contribution < 1.29 is 13.5 Å². The molecule has 6 heteroatoms. The average Bonchev–Trinajstić information content (AvgIpc) is 2.48. The minimum absolute atomic E-state index is 0.119. The number of aliphatic hydroxyl groups is 1. The summed E-state index contributed by atoms with van der Waals surface area (Å²) in [5.41, 5.74) is 1.89. The fraction of sp³-hybridized carbons (Fsp3) is 0.214. The van der Waals surface area contributed by atoms with Gasteiger partial charge in [-0.3, -0.25) is 4.98 Å². The second-order valence-corrected chi connectivity index (χ2v) is 6.78. The van der Waals surface area contributed by atoms with Crippen molar-refractivity contribution in [3.05, 3.63) is 48.8 Å². The number of nitrogens with zero attached hydrogens (tertiary/aromatic N) is 1. The molecular weight excluding hydrogens is 294 g/mol. The lowest BCUT2D eigenvalue weighted by molar-refractivity contribution is 0.223. The lowest BCUT2D eigenvalue weighted by Gasteiger charge is -2.09. The maximum absolute atomic E-state index is 12.0. The maximum Gasteiger partial charge on any atom is 0.180 e. The Bertz CT molecular complexity index is 655. The SMILES string of the molecule is O=S(=O)(CC(O)CS)c1ccc(-c2ccncc2)cc1. The van der Waals surface area contributed by atoms with Crippen LogP contribution in [0.3, 0.4) is 0 Å². The van der Waals surface area contributed by atoms with Crippen molar-refractivity contribution in [3.8, 4) is 11.1 Å². The van der Waals surface area contributed by atoms with Crippen LogP contribution in [0, 0.1) is 0 Å². The molecule has 1 aromatic heterocycles. The van der Waals surface area contributed by atoms with Crippen molar-refractivity contribution in [3.63, 3.8) is 0 Å². The number of sulfone groups is 1. The Labute approximate surface area is 123 Å². The number of benzene rings is 1. The minimum atomic E-state index is -3.48. The predicted molar refractivity (Wildman–Crippen MR) is 81.6 cm³/mol. The molecule has 106 valence electrons. The summed E-state index contributed by atoms with van der Waals surface area (Å²) in [6.45, 7) is 0. The molecule has 20 heavy (non-hydrogen) atoms. The molecule has 0 amide bonds. The molecule has 1 unspecified atom stereocenters. The number of hydrogen-bond donors (Lipinski definition) is 2. The highest BCUT2D eigenvalue weighted by atomic mass is 32.2. The second kappa shape index (κ2) is 6.39. The number of pyridine rings is 1. The zero-order valence-electron chi connectivity index (χ0n) is 10.7. The van der Waals surface area contributed by atoms with E-state index in [1.165, 1.54) is 0 Å². The molecule has 0 saturated carbocycles. The Kier molecular flexibility index (Phi) is 4.80. The van der Waals surface area contributed by atoms with Crippen LogP contribution < -0.4 is 0 Å². The third kappa shape index (κ3) is 3.59. The number of hydrogen-bond acceptors (Lipinski definition) is 5. The van der Waals surface area contributed by atoms with Gasteiger partial charge in [0.15, 0.2) is 9.84 Å². The highest BCUT2D eigenvalue weighted by molar-refractivity contribution is 7.91. The van der Waals surface area contributed by atoms with Crippen LogP contribution in [0.15, 0.2) is 53.7 Å². The largest absolute Gasteiger partial charge is 0.391 e. The summed E-state index contributed by atoms with van der Waals surface area (Å²) >= 11 is 3.88. The van der Waals surface area contributed by atoms with Crippen LogP contribution in [0.4, 0.5) is 0 Å². The van der Waals surface area contributed by atoms with Crippen LogP contribution in [0.1, 0.15) is 0 Å². The first-order chi connectivity index (χ1) is 9.53. The zero-order chi connectivity index (χ0) is 14.6. The fourth-order valence-electron chi connectivity index (χ4n) is 1.80. The van der Waals surface area contributed by atoms with Gasteiger partial charge in [-0.05, 0) is 35.4 Å². The number of rotatable bonds is 5. The van der Waals surface area contributed by atoms with Crippen molar-refractivity contribution in [2.45, 2.75) is 11.0 Å². The van der Waals surface area contributed by atoms with E-state index in [1.54, 1.807) is 36.7 Å². The van der Waals surface area contributed by atoms with Crippen molar-refractivity contribution in [2.24, 2.45) is 0 Å². The van der Waals surface area contributed by atoms with Crippen LogP contribution in [-0.4, -0.2) is 36.1 Å². The molecule has 0 aliphatic rings. The minimum Gasteiger partial charge on any atom is -0.391 e. The number of aliphatic hydroxyl groups excluding tert-OH is 1. The van der Waals surface area contributed by atoms with Gasteiger partial charge in [-0.2, -0.15) is 12.6 Å². The molecule has 1 heterocycles. The smallest absolute Gasteiger partial charge is 0.180 e. The zero-order valence-corrected chi connectivity index (χ0v) is 12.4. The summed E-state index contributed by atoms with van der Waals surface area (Å²) in [4.78, 5) is 4.14. The molecule has 1 aromatic carbocycles. The third-order valence-electron chi connectivity index (χ3n) is 2.85. The molecular formula is C14H15NO3S2. The Morgan fingerprint density at radius 2 is 1.60 bits per heavy atom. The molecule has 2 aromatic rings. The predicted octanol–water partition coefficient (Wildman–Crippen LogP) is 1.81. The summed E-state index contributed by atoms with van der Waals surface area (Å²) in [5.74, 6) is -0.195. The summed E-state index contributed by atoms with van der Waals surface area (Å²) in [7, 11) is -3.48. The lowest BCUT2D eigenvalue weighted by atomic mass is 10.1. The highest BCUT2D eigenvalue weighted by Crippen LogP contribution is 2.21. The van der Waals surface area contributed by atoms with E-state index in [0.29, 0.717) is 0 Å². The second-order valence-electron chi connectivity index (χ2n) is 4.38. The van der Waals surface area contributed by atoms with E-state index in [1.807, 2.05) is 12.1 Å². The first-order valence-electron chi connectivity index (χ1n) is 6.05. The van der Waals surface area contributed by atoms with Gasteiger partial charge in [0, 0.05) is 18.1 Å². The molecule has 0 spiro atoms. The van der Waals surface area contributed by atoms with E-state index in [-0.39, 0.29) is 16.4 Å². The third-order valence-corrected chi connectivity index (χ3v) is 5.09. The summed E-state index contributed by atoms with van der Waals surface area (Å²) in [6.07, 6.45) is 2.41. The summed E-state index contributed by atoms with van der Waals surface area (Å²) in [6, 6.07) is 10.3. The van der Waals surface area contributed by atoms with E-state index in [0.717, 1.165) is 11.1 Å². The van der Waals surface area contributed by atoms with Gasteiger partial charge >= 0.3 is 0 Å². The summed E-state index contributed by atoms with van der Waals surface area (Å²) < 4.78 is 24.1. The molecule has 0 fully saturated rings.